The van der Waals surface area contributed by atoms with Gasteiger partial charge < -0.3 is 19.7 Å². The maximum atomic E-state index is 12.8. The third kappa shape index (κ3) is 2.92. The van der Waals surface area contributed by atoms with E-state index < -0.39 is 29.5 Å². The molecule has 7 heteroatoms. The first kappa shape index (κ1) is 17.8. The van der Waals surface area contributed by atoms with Crippen LogP contribution in [0.25, 0.3) is 0 Å². The molecule has 1 saturated heterocycles. The number of rotatable bonds is 3. The van der Waals surface area contributed by atoms with Gasteiger partial charge in [-0.05, 0) is 36.5 Å². The van der Waals surface area contributed by atoms with Crippen LogP contribution in [-0.4, -0.2) is 35.3 Å². The number of halogens is 3. The Labute approximate surface area is 149 Å². The number of aliphatic hydroxyl groups excluding tert-OH is 2. The Morgan fingerprint density at radius 1 is 1.27 bits per heavy atom. The Morgan fingerprint density at radius 2 is 2.00 bits per heavy atom. The molecule has 26 heavy (non-hydrogen) atoms. The molecule has 0 radical (unpaired) electrons. The zero-order valence-electron chi connectivity index (χ0n) is 14.1. The van der Waals surface area contributed by atoms with Crippen LogP contribution in [-0.2, 0) is 22.1 Å². The minimum Gasteiger partial charge on any atom is -0.512 e. The van der Waals surface area contributed by atoms with E-state index in [0.29, 0.717) is 31.6 Å². The molecule has 1 aromatic carbocycles. The second-order valence-corrected chi connectivity index (χ2v) is 7.35. The van der Waals surface area contributed by atoms with E-state index in [-0.39, 0.29) is 24.0 Å². The Balaban J connectivity index is 1.44. The number of fused-ring (bicyclic) bond motifs is 2. The fourth-order valence-corrected chi connectivity index (χ4v) is 4.56. The molecule has 2 N–H and O–H groups in total. The number of alkyl halides is 3. The van der Waals surface area contributed by atoms with E-state index >= 15 is 0 Å². The topological polar surface area (TPSA) is 58.9 Å². The van der Waals surface area contributed by atoms with E-state index in [0.717, 1.165) is 12.1 Å². The standard InChI is InChI=1S/C19H21F3O4/c20-19(21,22)12-3-1-2-11(8-12)4-5-16(23)13-9-15-14(17(13)24)10-18(15)25-6-7-26-18/h1-3,5,8,13-15,17,23-24H,4,6-7,9-10H2/t13-,14-,15+,17?/m1/s1. The Hall–Kier alpha value is -1.57. The summed E-state index contributed by atoms with van der Waals surface area (Å²) in [6.07, 6.45) is -2.23. The fourth-order valence-electron chi connectivity index (χ4n) is 4.56. The minimum absolute atomic E-state index is 0.0254. The van der Waals surface area contributed by atoms with Gasteiger partial charge in [-0.2, -0.15) is 13.2 Å². The summed E-state index contributed by atoms with van der Waals surface area (Å²) < 4.78 is 49.7. The molecule has 1 aliphatic heterocycles. The summed E-state index contributed by atoms with van der Waals surface area (Å²) in [7, 11) is 0. The van der Waals surface area contributed by atoms with Gasteiger partial charge in [0.1, 0.15) is 0 Å². The van der Waals surface area contributed by atoms with Crippen LogP contribution in [0.5, 0.6) is 0 Å². The van der Waals surface area contributed by atoms with Gasteiger partial charge >= 0.3 is 6.18 Å². The van der Waals surface area contributed by atoms with E-state index in [9.17, 15) is 23.4 Å². The second-order valence-electron chi connectivity index (χ2n) is 7.35. The van der Waals surface area contributed by atoms with Crippen LogP contribution >= 0.6 is 0 Å². The highest BCUT2D eigenvalue weighted by Crippen LogP contribution is 2.60. The monoisotopic (exact) mass is 370 g/mol. The summed E-state index contributed by atoms with van der Waals surface area (Å²) >= 11 is 0. The van der Waals surface area contributed by atoms with Crippen molar-refractivity contribution in [1.82, 2.24) is 0 Å². The Morgan fingerprint density at radius 3 is 2.69 bits per heavy atom. The quantitative estimate of drug-likeness (QED) is 0.801. The lowest BCUT2D eigenvalue weighted by Gasteiger charge is -2.48. The molecule has 142 valence electrons. The lowest BCUT2D eigenvalue weighted by molar-refractivity contribution is -0.275. The van der Waals surface area contributed by atoms with Crippen molar-refractivity contribution in [3.8, 4) is 0 Å². The predicted molar refractivity (Wildman–Crippen MR) is 86.2 cm³/mol. The molecular weight excluding hydrogens is 349 g/mol. The normalized spacial score (nSPS) is 33.3. The van der Waals surface area contributed by atoms with Gasteiger partial charge in [-0.3, -0.25) is 0 Å². The van der Waals surface area contributed by atoms with Crippen molar-refractivity contribution in [2.24, 2.45) is 17.8 Å². The van der Waals surface area contributed by atoms with Gasteiger partial charge in [-0.1, -0.05) is 18.2 Å². The predicted octanol–water partition coefficient (Wildman–Crippen LogP) is 3.45. The van der Waals surface area contributed by atoms with E-state index in [1.807, 2.05) is 0 Å². The van der Waals surface area contributed by atoms with Gasteiger partial charge in [0.15, 0.2) is 5.79 Å². The van der Waals surface area contributed by atoms with Gasteiger partial charge in [0.25, 0.3) is 0 Å². The number of hydrogen-bond acceptors (Lipinski definition) is 4. The molecule has 4 atom stereocenters. The van der Waals surface area contributed by atoms with E-state index in [2.05, 4.69) is 0 Å². The summed E-state index contributed by atoms with van der Waals surface area (Å²) in [5.41, 5.74) is -0.250. The highest BCUT2D eigenvalue weighted by atomic mass is 19.4. The number of ether oxygens (including phenoxy) is 2. The van der Waals surface area contributed by atoms with Gasteiger partial charge in [-0.15, -0.1) is 0 Å². The average Bonchev–Trinajstić information content (AvgIpc) is 3.18. The maximum absolute atomic E-state index is 12.8. The summed E-state index contributed by atoms with van der Waals surface area (Å²) in [5, 5.41) is 20.9. The number of benzene rings is 1. The molecule has 0 amide bonds. The van der Waals surface area contributed by atoms with Crippen molar-refractivity contribution in [1.29, 1.82) is 0 Å². The highest BCUT2D eigenvalue weighted by molar-refractivity contribution is 5.28. The van der Waals surface area contributed by atoms with Crippen molar-refractivity contribution >= 4 is 0 Å². The van der Waals surface area contributed by atoms with Crippen LogP contribution in [0, 0.1) is 17.8 Å². The van der Waals surface area contributed by atoms with Gasteiger partial charge in [0.2, 0.25) is 0 Å². The minimum atomic E-state index is -4.39. The van der Waals surface area contributed by atoms with Crippen LogP contribution in [0.3, 0.4) is 0 Å². The van der Waals surface area contributed by atoms with Crippen LogP contribution in [0.1, 0.15) is 24.0 Å². The summed E-state index contributed by atoms with van der Waals surface area (Å²) in [4.78, 5) is 0. The number of allylic oxidation sites excluding steroid dienone is 1. The zero-order valence-corrected chi connectivity index (χ0v) is 14.1. The first-order valence-electron chi connectivity index (χ1n) is 8.81. The number of hydrogen-bond donors (Lipinski definition) is 2. The molecule has 1 aromatic rings. The third-order valence-corrected chi connectivity index (χ3v) is 5.92. The maximum Gasteiger partial charge on any atom is 0.416 e. The van der Waals surface area contributed by atoms with Crippen molar-refractivity contribution < 1.29 is 32.9 Å². The molecule has 0 aromatic heterocycles. The Bertz CT molecular complexity index is 709. The van der Waals surface area contributed by atoms with Gasteiger partial charge in [-0.25, -0.2) is 0 Å². The molecule has 3 fully saturated rings. The van der Waals surface area contributed by atoms with Crippen LogP contribution in [0.4, 0.5) is 13.2 Å². The molecule has 4 rings (SSSR count). The largest absolute Gasteiger partial charge is 0.512 e. The van der Waals surface area contributed by atoms with Gasteiger partial charge in [0, 0.05) is 18.3 Å². The zero-order chi connectivity index (χ0) is 18.5. The second kappa shape index (κ2) is 6.25. The fraction of sp³-hybridized carbons (Fsp3) is 0.579. The molecular formula is C19H21F3O4. The highest BCUT2D eigenvalue weighted by Gasteiger charge is 2.65. The van der Waals surface area contributed by atoms with Crippen LogP contribution < -0.4 is 0 Å². The molecule has 2 aliphatic carbocycles. The van der Waals surface area contributed by atoms with Crippen molar-refractivity contribution in [3.63, 3.8) is 0 Å². The third-order valence-electron chi connectivity index (χ3n) is 5.92. The van der Waals surface area contributed by atoms with E-state index in [1.165, 1.54) is 12.1 Å². The molecule has 0 bridgehead atoms. The van der Waals surface area contributed by atoms with Crippen LogP contribution in [0.2, 0.25) is 0 Å². The van der Waals surface area contributed by atoms with Crippen LogP contribution in [0.15, 0.2) is 36.1 Å². The summed E-state index contributed by atoms with van der Waals surface area (Å²) in [5.74, 6) is -0.932. The molecule has 1 unspecified atom stereocenters. The molecule has 1 heterocycles. The number of aliphatic hydroxyl groups is 2. The summed E-state index contributed by atoms with van der Waals surface area (Å²) in [6.45, 7) is 1.09. The lowest BCUT2D eigenvalue weighted by atomic mass is 9.69. The summed E-state index contributed by atoms with van der Waals surface area (Å²) in [6, 6.07) is 5.04. The lowest BCUT2D eigenvalue weighted by Crippen LogP contribution is -2.54. The molecule has 1 spiro atoms. The smallest absolute Gasteiger partial charge is 0.416 e. The van der Waals surface area contributed by atoms with Crippen molar-refractivity contribution in [3.05, 3.63) is 47.2 Å². The van der Waals surface area contributed by atoms with Crippen molar-refractivity contribution in [2.75, 3.05) is 13.2 Å². The molecule has 2 saturated carbocycles. The first-order valence-corrected chi connectivity index (χ1v) is 8.81. The van der Waals surface area contributed by atoms with Gasteiger partial charge in [0.05, 0.1) is 30.6 Å². The molecule has 3 aliphatic rings. The molecule has 4 nitrogen and oxygen atoms in total. The first-order chi connectivity index (χ1) is 12.3. The SMILES string of the molecule is OC(=CCc1cccc(C(F)(F)F)c1)[C@H]1C[C@H]2[C@@H](CC23OCCO3)C1O. The van der Waals surface area contributed by atoms with E-state index in [1.54, 1.807) is 6.07 Å². The van der Waals surface area contributed by atoms with E-state index in [4.69, 9.17) is 9.47 Å². The average molecular weight is 370 g/mol. The van der Waals surface area contributed by atoms with Crippen molar-refractivity contribution in [2.45, 2.75) is 37.3 Å². The Kier molecular flexibility index (Phi) is 4.28.